The Morgan fingerprint density at radius 3 is 2.14 bits per heavy atom. The minimum absolute atomic E-state index is 0.0243. The van der Waals surface area contributed by atoms with Crippen LogP contribution in [0.5, 0.6) is 5.75 Å². The Bertz CT molecular complexity index is 1170. The van der Waals surface area contributed by atoms with E-state index in [0.29, 0.717) is 16.9 Å². The molecular weight excluding hydrogens is 350 g/mol. The molecule has 0 amide bonds. The van der Waals surface area contributed by atoms with Crippen LogP contribution in [0.1, 0.15) is 33.3 Å². The molecule has 0 radical (unpaired) electrons. The summed E-state index contributed by atoms with van der Waals surface area (Å²) >= 11 is 0. The van der Waals surface area contributed by atoms with E-state index in [0.717, 1.165) is 22.3 Å². The lowest BCUT2D eigenvalue weighted by atomic mass is 10.1. The van der Waals surface area contributed by atoms with Gasteiger partial charge < -0.3 is 9.30 Å². The Kier molecular flexibility index (Phi) is 4.53. The highest BCUT2D eigenvalue weighted by molar-refractivity contribution is 6.09. The van der Waals surface area contributed by atoms with Gasteiger partial charge in [0.25, 0.3) is 0 Å². The number of hydrogen-bond donors (Lipinski definition) is 0. The van der Waals surface area contributed by atoms with E-state index in [2.05, 4.69) is 4.57 Å². The highest BCUT2D eigenvalue weighted by Crippen LogP contribution is 2.32. The van der Waals surface area contributed by atoms with Crippen LogP contribution in [-0.2, 0) is 0 Å². The summed E-state index contributed by atoms with van der Waals surface area (Å²) in [5.74, 6) is -0.0404. The molecule has 0 fully saturated rings. The monoisotopic (exact) mass is 369 g/mol. The predicted octanol–water partition coefficient (Wildman–Crippen LogP) is 5.36. The zero-order valence-electron chi connectivity index (χ0n) is 15.7. The van der Waals surface area contributed by atoms with Gasteiger partial charge in [-0.25, -0.2) is 4.79 Å². The van der Waals surface area contributed by atoms with E-state index in [1.807, 2.05) is 49.4 Å². The number of ether oxygens (including phenoxy) is 1. The van der Waals surface area contributed by atoms with Crippen molar-refractivity contribution in [3.63, 3.8) is 0 Å². The second-order valence-electron chi connectivity index (χ2n) is 6.62. The van der Waals surface area contributed by atoms with Gasteiger partial charge in [0, 0.05) is 22.3 Å². The predicted molar refractivity (Wildman–Crippen MR) is 109 cm³/mol. The lowest BCUT2D eigenvalue weighted by molar-refractivity contribution is 0.0735. The van der Waals surface area contributed by atoms with E-state index in [9.17, 15) is 9.59 Å². The summed E-state index contributed by atoms with van der Waals surface area (Å²) in [6.45, 7) is 3.49. The molecule has 0 atom stereocenters. The second-order valence-corrected chi connectivity index (χ2v) is 6.62. The van der Waals surface area contributed by atoms with E-state index in [4.69, 9.17) is 4.74 Å². The molecule has 0 bridgehead atoms. The minimum Gasteiger partial charge on any atom is -0.423 e. The van der Waals surface area contributed by atoms with Crippen LogP contribution in [0.4, 0.5) is 0 Å². The highest BCUT2D eigenvalue weighted by Gasteiger charge is 2.19. The van der Waals surface area contributed by atoms with Crippen molar-refractivity contribution in [1.29, 1.82) is 0 Å². The van der Waals surface area contributed by atoms with Crippen molar-refractivity contribution >= 4 is 22.7 Å². The van der Waals surface area contributed by atoms with Crippen LogP contribution in [0.3, 0.4) is 0 Å². The Labute approximate surface area is 163 Å². The number of Topliss-reactive ketones (excluding diaryl/α,β-unsaturated/α-hetero) is 1. The van der Waals surface area contributed by atoms with Gasteiger partial charge in [-0.15, -0.1) is 0 Å². The van der Waals surface area contributed by atoms with Gasteiger partial charge >= 0.3 is 5.97 Å². The number of carbonyl (C=O) groups is 2. The number of benzene rings is 3. The molecule has 0 N–H and O–H groups in total. The average molecular weight is 369 g/mol. The molecule has 0 aliphatic heterocycles. The third-order valence-electron chi connectivity index (χ3n) is 4.76. The van der Waals surface area contributed by atoms with Crippen molar-refractivity contribution in [2.75, 3.05) is 0 Å². The van der Waals surface area contributed by atoms with Crippen molar-refractivity contribution in [2.45, 2.75) is 13.8 Å². The lowest BCUT2D eigenvalue weighted by Gasteiger charge is -2.09. The van der Waals surface area contributed by atoms with Crippen LogP contribution in [-0.4, -0.2) is 16.3 Å². The normalized spacial score (nSPS) is 10.8. The van der Waals surface area contributed by atoms with Crippen molar-refractivity contribution in [1.82, 2.24) is 4.57 Å². The number of para-hydroxylation sites is 1. The van der Waals surface area contributed by atoms with Crippen LogP contribution >= 0.6 is 0 Å². The summed E-state index contributed by atoms with van der Waals surface area (Å²) in [7, 11) is 0. The minimum atomic E-state index is -0.427. The zero-order chi connectivity index (χ0) is 19.7. The van der Waals surface area contributed by atoms with E-state index in [1.54, 1.807) is 43.3 Å². The number of hydrogen-bond acceptors (Lipinski definition) is 3. The van der Waals surface area contributed by atoms with Crippen LogP contribution in [0.2, 0.25) is 0 Å². The zero-order valence-corrected chi connectivity index (χ0v) is 15.7. The number of nitrogens with zero attached hydrogens (tertiary/aromatic N) is 1. The third kappa shape index (κ3) is 3.09. The topological polar surface area (TPSA) is 48.3 Å². The second kappa shape index (κ2) is 7.16. The van der Waals surface area contributed by atoms with Gasteiger partial charge in [0.05, 0.1) is 11.1 Å². The summed E-state index contributed by atoms with van der Waals surface area (Å²) in [5.41, 5.74) is 3.85. The Morgan fingerprint density at radius 2 is 1.50 bits per heavy atom. The molecule has 4 heteroatoms. The molecule has 0 aliphatic carbocycles. The third-order valence-corrected chi connectivity index (χ3v) is 4.76. The molecule has 0 unspecified atom stereocenters. The number of esters is 1. The molecule has 0 saturated heterocycles. The van der Waals surface area contributed by atoms with Crippen molar-refractivity contribution in [3.8, 4) is 11.4 Å². The number of aromatic nitrogens is 1. The van der Waals surface area contributed by atoms with Crippen molar-refractivity contribution in [3.05, 3.63) is 95.7 Å². The van der Waals surface area contributed by atoms with Crippen LogP contribution < -0.4 is 4.74 Å². The number of ketones is 1. The van der Waals surface area contributed by atoms with Gasteiger partial charge in [0.2, 0.25) is 0 Å². The van der Waals surface area contributed by atoms with Gasteiger partial charge in [0.15, 0.2) is 5.78 Å². The first-order valence-electron chi connectivity index (χ1n) is 9.05. The van der Waals surface area contributed by atoms with Crippen LogP contribution in [0, 0.1) is 6.92 Å². The van der Waals surface area contributed by atoms with Gasteiger partial charge in [-0.3, -0.25) is 4.79 Å². The first-order chi connectivity index (χ1) is 13.6. The standard InChI is InChI=1S/C24H19NO3/c1-16-23(17(2)26)21-15-20(28-24(27)18-9-5-3-6-10-18)13-14-22(21)25(16)19-11-7-4-8-12-19/h3-15H,1-2H3. The van der Waals surface area contributed by atoms with Gasteiger partial charge in [0.1, 0.15) is 5.75 Å². The molecule has 1 aromatic heterocycles. The maximum atomic E-state index is 12.4. The maximum Gasteiger partial charge on any atom is 0.343 e. The van der Waals surface area contributed by atoms with Gasteiger partial charge in [-0.2, -0.15) is 0 Å². The summed E-state index contributed by atoms with van der Waals surface area (Å²) in [6.07, 6.45) is 0. The quantitative estimate of drug-likeness (QED) is 0.276. The Hall–Kier alpha value is -3.66. The number of fused-ring (bicyclic) bond motifs is 1. The maximum absolute atomic E-state index is 12.4. The SMILES string of the molecule is CC(=O)c1c(C)n(-c2ccccc2)c2ccc(OC(=O)c3ccccc3)cc12. The molecule has 0 spiro atoms. The first kappa shape index (κ1) is 17.7. The highest BCUT2D eigenvalue weighted by atomic mass is 16.5. The van der Waals surface area contributed by atoms with E-state index >= 15 is 0 Å². The Balaban J connectivity index is 1.82. The molecule has 3 aromatic carbocycles. The van der Waals surface area contributed by atoms with E-state index < -0.39 is 5.97 Å². The fraction of sp³-hybridized carbons (Fsp3) is 0.0833. The molecule has 0 aliphatic rings. The number of carbonyl (C=O) groups excluding carboxylic acids is 2. The molecule has 1 heterocycles. The fourth-order valence-corrected chi connectivity index (χ4v) is 3.56. The van der Waals surface area contributed by atoms with E-state index in [1.165, 1.54) is 0 Å². The fourth-order valence-electron chi connectivity index (χ4n) is 3.56. The van der Waals surface area contributed by atoms with E-state index in [-0.39, 0.29) is 5.78 Å². The summed E-state index contributed by atoms with van der Waals surface area (Å²) in [5, 5.41) is 0.771. The summed E-state index contributed by atoms with van der Waals surface area (Å²) in [6, 6.07) is 24.1. The van der Waals surface area contributed by atoms with Gasteiger partial charge in [-0.1, -0.05) is 36.4 Å². The molecule has 0 saturated carbocycles. The summed E-state index contributed by atoms with van der Waals surface area (Å²) in [4.78, 5) is 24.7. The van der Waals surface area contributed by atoms with Gasteiger partial charge in [-0.05, 0) is 56.3 Å². The molecular formula is C24H19NO3. The summed E-state index contributed by atoms with van der Waals surface area (Å²) < 4.78 is 7.59. The van der Waals surface area contributed by atoms with Crippen molar-refractivity contribution < 1.29 is 14.3 Å². The van der Waals surface area contributed by atoms with Crippen LogP contribution in [0.15, 0.2) is 78.9 Å². The molecule has 4 nitrogen and oxygen atoms in total. The molecule has 28 heavy (non-hydrogen) atoms. The molecule has 4 rings (SSSR count). The molecule has 138 valence electrons. The first-order valence-corrected chi connectivity index (χ1v) is 9.05. The largest absolute Gasteiger partial charge is 0.423 e. The lowest BCUT2D eigenvalue weighted by Crippen LogP contribution is -2.08. The van der Waals surface area contributed by atoms with Crippen LogP contribution in [0.25, 0.3) is 16.6 Å². The van der Waals surface area contributed by atoms with Crippen molar-refractivity contribution in [2.24, 2.45) is 0 Å². The molecule has 4 aromatic rings. The smallest absolute Gasteiger partial charge is 0.343 e. The number of rotatable bonds is 4. The average Bonchev–Trinajstić information content (AvgIpc) is 3.00. The Morgan fingerprint density at radius 1 is 0.857 bits per heavy atom.